The molecule has 0 unspecified atom stereocenters. The molecule has 2 aliphatic rings. The van der Waals surface area contributed by atoms with Crippen molar-refractivity contribution in [3.05, 3.63) is 114 Å². The molecule has 0 heterocycles. The maximum absolute atomic E-state index is 15.1. The number of hydrogen-bond donors (Lipinski definition) is 0. The Hall–Kier alpha value is -5.16. The average molecular weight is 705 g/mol. The summed E-state index contributed by atoms with van der Waals surface area (Å²) >= 11 is -2.05. The molecule has 0 aliphatic heterocycles. The summed E-state index contributed by atoms with van der Waals surface area (Å²) in [5.74, 6) is -6.82. The van der Waals surface area contributed by atoms with E-state index in [-0.39, 0.29) is 67.8 Å². The average Bonchev–Trinajstić information content (AvgIpc) is 3.60. The summed E-state index contributed by atoms with van der Waals surface area (Å²) in [5.41, 5.74) is -10.9. The lowest BCUT2D eigenvalue weighted by atomic mass is 9.87. The van der Waals surface area contributed by atoms with Crippen molar-refractivity contribution in [1.29, 1.82) is 10.5 Å². The summed E-state index contributed by atoms with van der Waals surface area (Å²) in [6.07, 6.45) is 1.96. The van der Waals surface area contributed by atoms with Crippen molar-refractivity contribution in [2.24, 2.45) is 0 Å². The largest absolute Gasteiger partial charge is 0.522 e. The molecule has 0 spiro atoms. The molecule has 240 valence electrons. The minimum absolute atomic E-state index is 0.0353. The van der Waals surface area contributed by atoms with Gasteiger partial charge in [0, 0.05) is 6.42 Å². The molecule has 0 bridgehead atoms. The number of benzene rings is 3. The molecule has 0 aromatic heterocycles. The van der Waals surface area contributed by atoms with Gasteiger partial charge >= 0.3 is 16.8 Å². The van der Waals surface area contributed by atoms with Gasteiger partial charge in [-0.2, -0.15) is 46.6 Å². The van der Waals surface area contributed by atoms with Crippen LogP contribution in [0.2, 0.25) is 0 Å². The van der Waals surface area contributed by atoms with Crippen molar-refractivity contribution in [3.63, 3.8) is 0 Å². The first-order valence-corrected chi connectivity index (χ1v) is 14.6. The van der Waals surface area contributed by atoms with Gasteiger partial charge in [0.05, 0.1) is 15.4 Å². The molecule has 3 aromatic carbocycles. The number of halogens is 10. The summed E-state index contributed by atoms with van der Waals surface area (Å²) in [7, 11) is 0. The topological polar surface area (TPSA) is 56.3 Å². The Labute approximate surface area is 272 Å². The monoisotopic (exact) mass is 704 g/mol. The van der Waals surface area contributed by atoms with E-state index in [1.54, 1.807) is 12.1 Å². The van der Waals surface area contributed by atoms with Gasteiger partial charge in [0.25, 0.3) is 0 Å². The first kappa shape index (κ1) is 34.2. The third kappa shape index (κ3) is 6.37. The van der Waals surface area contributed by atoms with Gasteiger partial charge in [-0.05, 0) is 110 Å². The fraction of sp³-hybridized carbons (Fsp3) is 0.125. The summed E-state index contributed by atoms with van der Waals surface area (Å²) in [6, 6.07) is 5.84. The maximum atomic E-state index is 15.1. The van der Waals surface area contributed by atoms with Crippen LogP contribution in [0.5, 0.6) is 0 Å². The smallest absolute Gasteiger partial charge is 0.206 e. The third-order valence-corrected chi connectivity index (χ3v) is 8.87. The summed E-state index contributed by atoms with van der Waals surface area (Å²) in [5, 5.41) is 19.2. The predicted octanol–water partition coefficient (Wildman–Crippen LogP) is 8.87. The van der Waals surface area contributed by atoms with Gasteiger partial charge < -0.3 is 0 Å². The molecule has 0 saturated carbocycles. The van der Waals surface area contributed by atoms with Crippen LogP contribution in [0.25, 0.3) is 44.1 Å². The Balaban J connectivity index is 1.94. The number of alkyl halides is 6. The third-order valence-electron chi connectivity index (χ3n) is 7.22. The van der Waals surface area contributed by atoms with Crippen LogP contribution in [0.1, 0.15) is 11.1 Å². The lowest BCUT2D eigenvalue weighted by Crippen LogP contribution is -2.23. The van der Waals surface area contributed by atoms with E-state index in [0.29, 0.717) is 24.3 Å². The molecular formula is C32H10F10N4S2. The Morgan fingerprint density at radius 3 is 1.33 bits per heavy atom. The minimum atomic E-state index is -5.05. The summed E-state index contributed by atoms with van der Waals surface area (Å²) in [6.45, 7) is 14.8. The second kappa shape index (κ2) is 12.5. The highest BCUT2D eigenvalue weighted by atomic mass is 32.2. The van der Waals surface area contributed by atoms with Crippen molar-refractivity contribution < 1.29 is 43.9 Å². The Kier molecular flexibility index (Phi) is 8.87. The van der Waals surface area contributed by atoms with Crippen molar-refractivity contribution >= 4 is 35.7 Å². The van der Waals surface area contributed by atoms with E-state index in [1.165, 1.54) is 12.2 Å². The normalized spacial score (nSPS) is 13.4. The maximum Gasteiger partial charge on any atom is 0.522 e. The van der Waals surface area contributed by atoms with Crippen LogP contribution >= 0.6 is 23.5 Å². The van der Waals surface area contributed by atoms with E-state index in [1.807, 2.05) is 0 Å². The van der Waals surface area contributed by atoms with Crippen molar-refractivity contribution in [1.82, 2.24) is 0 Å². The first-order valence-electron chi connectivity index (χ1n) is 12.9. The summed E-state index contributed by atoms with van der Waals surface area (Å²) in [4.78, 5) is 3.61. The van der Waals surface area contributed by atoms with Gasteiger partial charge in [0.2, 0.25) is 0 Å². The second-order valence-electron chi connectivity index (χ2n) is 10.0. The van der Waals surface area contributed by atoms with Crippen LogP contribution in [0, 0.1) is 59.1 Å². The van der Waals surface area contributed by atoms with Gasteiger partial charge in [-0.1, -0.05) is 6.08 Å². The molecule has 16 heteroatoms. The minimum Gasteiger partial charge on any atom is -0.206 e. The SMILES string of the molecule is [C-]#[N+]C([N+]#[C-])=C1C=c2c(c(-c3cc(F)c(SC(F)(F)F)c(F)c3)c3c(c2-c2cc(F)c(SC(F)(F)F)c(F)c2)CC(=C(C#N)C#N)C=3)C1. The lowest BCUT2D eigenvalue weighted by molar-refractivity contribution is -0.0339. The van der Waals surface area contributed by atoms with Crippen molar-refractivity contribution in [2.45, 2.75) is 33.6 Å². The molecule has 48 heavy (non-hydrogen) atoms. The Morgan fingerprint density at radius 1 is 0.646 bits per heavy atom. The van der Waals surface area contributed by atoms with Gasteiger partial charge in [-0.15, -0.1) is 0 Å². The standard InChI is InChI=1S/C32H10F10N4S2/c1-45-30(46-2)16-5-20-21(6-16)27(15-9-24(35)29(25(36)10-15)48-32(40,41)42)19-4-13(17(11-43)12-44)3-18(19)26(20)14-7-22(33)28(23(34)8-14)47-31(37,38)39/h3,6-10H,4-5H2. The van der Waals surface area contributed by atoms with Crippen LogP contribution < -0.4 is 10.4 Å². The van der Waals surface area contributed by atoms with Crippen LogP contribution in [-0.2, 0) is 12.8 Å². The van der Waals surface area contributed by atoms with Gasteiger partial charge in [0.15, 0.2) is 0 Å². The molecule has 0 saturated heterocycles. The number of hydrogen-bond acceptors (Lipinski definition) is 4. The van der Waals surface area contributed by atoms with E-state index >= 15 is 17.6 Å². The predicted molar refractivity (Wildman–Crippen MR) is 155 cm³/mol. The fourth-order valence-corrected chi connectivity index (χ4v) is 6.64. The molecule has 3 aromatic rings. The van der Waals surface area contributed by atoms with E-state index in [2.05, 4.69) is 9.69 Å². The molecule has 2 aliphatic carbocycles. The highest BCUT2D eigenvalue weighted by Crippen LogP contribution is 2.43. The van der Waals surface area contributed by atoms with Gasteiger partial charge in [0.1, 0.15) is 54.1 Å². The Bertz CT molecular complexity index is 2070. The second-order valence-corrected chi connectivity index (χ2v) is 12.2. The zero-order valence-electron chi connectivity index (χ0n) is 23.3. The number of allylic oxidation sites excluding steroid dienone is 3. The number of thioether (sulfide) groups is 2. The van der Waals surface area contributed by atoms with E-state index < -0.39 is 79.0 Å². The molecule has 4 nitrogen and oxygen atoms in total. The number of nitrogens with zero attached hydrogens (tertiary/aromatic N) is 4. The molecule has 0 fully saturated rings. The number of rotatable bonds is 4. The van der Waals surface area contributed by atoms with Gasteiger partial charge in [-0.25, -0.2) is 17.6 Å². The van der Waals surface area contributed by atoms with E-state index in [4.69, 9.17) is 13.1 Å². The molecule has 0 atom stereocenters. The highest BCUT2D eigenvalue weighted by Gasteiger charge is 2.36. The Morgan fingerprint density at radius 2 is 1.00 bits per heavy atom. The zero-order chi connectivity index (χ0) is 35.3. The van der Waals surface area contributed by atoms with Crippen LogP contribution in [0.3, 0.4) is 0 Å². The molecule has 5 rings (SSSR count). The van der Waals surface area contributed by atoms with Crippen molar-refractivity contribution in [3.8, 4) is 34.4 Å². The quantitative estimate of drug-likeness (QED) is 0.118. The van der Waals surface area contributed by atoms with E-state index in [9.17, 15) is 36.9 Å². The lowest BCUT2D eigenvalue weighted by Gasteiger charge is -2.18. The van der Waals surface area contributed by atoms with Gasteiger partial charge in [-0.3, -0.25) is 0 Å². The zero-order valence-corrected chi connectivity index (χ0v) is 24.9. The van der Waals surface area contributed by atoms with Crippen LogP contribution in [0.15, 0.2) is 56.6 Å². The molecular weight excluding hydrogens is 694 g/mol. The molecule has 0 N–H and O–H groups in total. The number of nitriles is 2. The van der Waals surface area contributed by atoms with Crippen molar-refractivity contribution in [2.75, 3.05) is 0 Å². The highest BCUT2D eigenvalue weighted by molar-refractivity contribution is 8.00. The number of fused-ring (bicyclic) bond motifs is 2. The fourth-order valence-electron chi connectivity index (χ4n) is 5.55. The van der Waals surface area contributed by atoms with Crippen LogP contribution in [0.4, 0.5) is 43.9 Å². The molecule has 0 amide bonds. The van der Waals surface area contributed by atoms with E-state index in [0.717, 1.165) is 0 Å². The summed E-state index contributed by atoms with van der Waals surface area (Å²) < 4.78 is 139. The molecule has 0 radical (unpaired) electrons. The first-order chi connectivity index (χ1) is 22.5. The van der Waals surface area contributed by atoms with Crippen LogP contribution in [-0.4, -0.2) is 11.0 Å².